The minimum absolute atomic E-state index is 0.0995. The molecular formula is C10H15BrN2O2. The molecule has 2 N–H and O–H groups in total. The molecule has 0 amide bonds. The van der Waals surface area contributed by atoms with Gasteiger partial charge in [0.2, 0.25) is 0 Å². The first-order valence-electron chi connectivity index (χ1n) is 4.72. The highest BCUT2D eigenvalue weighted by atomic mass is 79.9. The fourth-order valence-electron chi connectivity index (χ4n) is 0.804. The SMILES string of the molecule is CCCCN.O=[N+]([O-])c1ccccc1Br. The third-order valence-electron chi connectivity index (χ3n) is 1.61. The molecule has 1 aromatic rings. The van der Waals surface area contributed by atoms with Crippen molar-refractivity contribution in [3.8, 4) is 0 Å². The van der Waals surface area contributed by atoms with Crippen molar-refractivity contribution in [1.82, 2.24) is 0 Å². The summed E-state index contributed by atoms with van der Waals surface area (Å²) < 4.78 is 0.514. The Balaban J connectivity index is 0.000000336. The standard InChI is InChI=1S/C6H4BrNO2.C4H11N/c7-5-3-1-2-4-6(5)8(9)10;1-2-3-4-5/h1-4H;2-5H2,1H3. The first-order valence-corrected chi connectivity index (χ1v) is 5.51. The van der Waals surface area contributed by atoms with E-state index in [1.165, 1.54) is 18.9 Å². The quantitative estimate of drug-likeness (QED) is 0.680. The summed E-state index contributed by atoms with van der Waals surface area (Å²) in [6.07, 6.45) is 2.39. The average molecular weight is 275 g/mol. The van der Waals surface area contributed by atoms with Crippen LogP contribution in [0.25, 0.3) is 0 Å². The van der Waals surface area contributed by atoms with Crippen LogP contribution in [-0.4, -0.2) is 11.5 Å². The molecule has 0 aliphatic carbocycles. The number of para-hydroxylation sites is 1. The van der Waals surface area contributed by atoms with Gasteiger partial charge < -0.3 is 5.73 Å². The van der Waals surface area contributed by atoms with Gasteiger partial charge in [-0.3, -0.25) is 10.1 Å². The number of nitrogens with two attached hydrogens (primary N) is 1. The van der Waals surface area contributed by atoms with E-state index < -0.39 is 4.92 Å². The van der Waals surface area contributed by atoms with E-state index in [4.69, 9.17) is 5.73 Å². The lowest BCUT2D eigenvalue weighted by Gasteiger charge is -1.91. The second kappa shape index (κ2) is 8.38. The Morgan fingerprint density at radius 2 is 2.07 bits per heavy atom. The van der Waals surface area contributed by atoms with E-state index in [2.05, 4.69) is 22.9 Å². The molecule has 0 heterocycles. The summed E-state index contributed by atoms with van der Waals surface area (Å²) in [5.74, 6) is 0. The number of halogens is 1. The molecule has 0 aliphatic rings. The van der Waals surface area contributed by atoms with Crippen molar-refractivity contribution < 1.29 is 4.92 Å². The van der Waals surface area contributed by atoms with E-state index in [-0.39, 0.29) is 5.69 Å². The molecule has 0 fully saturated rings. The number of hydrogen-bond acceptors (Lipinski definition) is 3. The van der Waals surface area contributed by atoms with Gasteiger partial charge in [-0.1, -0.05) is 25.5 Å². The molecule has 5 heteroatoms. The molecular weight excluding hydrogens is 260 g/mol. The van der Waals surface area contributed by atoms with Gasteiger partial charge in [0, 0.05) is 6.07 Å². The summed E-state index contributed by atoms with van der Waals surface area (Å²) in [5, 5.41) is 10.2. The zero-order chi connectivity index (χ0) is 11.7. The maximum absolute atomic E-state index is 10.2. The number of nitro benzene ring substituents is 1. The first kappa shape index (κ1) is 14.1. The lowest BCUT2D eigenvalue weighted by molar-refractivity contribution is -0.385. The number of benzene rings is 1. The summed E-state index contributed by atoms with van der Waals surface area (Å²) in [4.78, 5) is 9.77. The highest BCUT2D eigenvalue weighted by Crippen LogP contribution is 2.22. The lowest BCUT2D eigenvalue weighted by Crippen LogP contribution is -1.95. The molecule has 0 saturated carbocycles. The molecule has 0 aromatic heterocycles. The monoisotopic (exact) mass is 274 g/mol. The van der Waals surface area contributed by atoms with Crippen molar-refractivity contribution in [2.75, 3.05) is 6.54 Å². The fraction of sp³-hybridized carbons (Fsp3) is 0.400. The molecule has 0 atom stereocenters. The maximum atomic E-state index is 10.2. The van der Waals surface area contributed by atoms with E-state index in [1.807, 2.05) is 0 Å². The molecule has 1 aromatic carbocycles. The summed E-state index contributed by atoms with van der Waals surface area (Å²) in [6.45, 7) is 2.98. The highest BCUT2D eigenvalue weighted by Gasteiger charge is 2.07. The number of nitro groups is 1. The average Bonchev–Trinajstić information content (AvgIpc) is 2.20. The zero-order valence-electron chi connectivity index (χ0n) is 8.65. The van der Waals surface area contributed by atoms with E-state index in [0.717, 1.165) is 6.54 Å². The van der Waals surface area contributed by atoms with Gasteiger partial charge in [-0.15, -0.1) is 0 Å². The molecule has 0 aliphatic heterocycles. The Morgan fingerprint density at radius 1 is 1.47 bits per heavy atom. The lowest BCUT2D eigenvalue weighted by atomic mass is 10.3. The van der Waals surface area contributed by atoms with Crippen molar-refractivity contribution in [1.29, 1.82) is 0 Å². The van der Waals surface area contributed by atoms with Gasteiger partial charge >= 0.3 is 0 Å². The van der Waals surface area contributed by atoms with Gasteiger partial charge in [0.15, 0.2) is 0 Å². The van der Waals surface area contributed by atoms with Crippen molar-refractivity contribution >= 4 is 21.6 Å². The predicted octanol–water partition coefficient (Wildman–Crippen LogP) is 3.10. The van der Waals surface area contributed by atoms with Crippen LogP contribution in [0.1, 0.15) is 19.8 Å². The third kappa shape index (κ3) is 6.19. The zero-order valence-corrected chi connectivity index (χ0v) is 10.2. The van der Waals surface area contributed by atoms with Gasteiger partial charge in [-0.2, -0.15) is 0 Å². The van der Waals surface area contributed by atoms with E-state index in [1.54, 1.807) is 18.2 Å². The van der Waals surface area contributed by atoms with Crippen LogP contribution < -0.4 is 5.73 Å². The van der Waals surface area contributed by atoms with Crippen LogP contribution >= 0.6 is 15.9 Å². The molecule has 1 rings (SSSR count). The molecule has 15 heavy (non-hydrogen) atoms. The number of nitrogens with zero attached hydrogens (tertiary/aromatic N) is 1. The van der Waals surface area contributed by atoms with E-state index in [0.29, 0.717) is 4.47 Å². The van der Waals surface area contributed by atoms with Gasteiger partial charge in [-0.25, -0.2) is 0 Å². The number of unbranched alkanes of at least 4 members (excludes halogenated alkanes) is 1. The summed E-state index contributed by atoms with van der Waals surface area (Å²) in [7, 11) is 0. The van der Waals surface area contributed by atoms with Crippen LogP contribution in [0.2, 0.25) is 0 Å². The van der Waals surface area contributed by atoms with Gasteiger partial charge in [-0.05, 0) is 35.0 Å². The third-order valence-corrected chi connectivity index (χ3v) is 2.28. The Bertz CT molecular complexity index is 303. The molecule has 0 unspecified atom stereocenters. The Hall–Kier alpha value is -0.940. The minimum atomic E-state index is -0.427. The Labute approximate surface area is 97.8 Å². The highest BCUT2D eigenvalue weighted by molar-refractivity contribution is 9.10. The summed E-state index contributed by atoms with van der Waals surface area (Å²) in [5.41, 5.74) is 5.24. The second-order valence-corrected chi connectivity index (χ2v) is 3.71. The summed E-state index contributed by atoms with van der Waals surface area (Å²) >= 11 is 3.06. The number of hydrogen-bond donors (Lipinski definition) is 1. The van der Waals surface area contributed by atoms with E-state index >= 15 is 0 Å². The van der Waals surface area contributed by atoms with Crippen molar-refractivity contribution in [2.24, 2.45) is 5.73 Å². The minimum Gasteiger partial charge on any atom is -0.330 e. The molecule has 0 bridgehead atoms. The van der Waals surface area contributed by atoms with Crippen molar-refractivity contribution in [3.63, 3.8) is 0 Å². The normalized spacial score (nSPS) is 9.00. The Morgan fingerprint density at radius 3 is 2.33 bits per heavy atom. The van der Waals surface area contributed by atoms with Crippen LogP contribution in [0.5, 0.6) is 0 Å². The van der Waals surface area contributed by atoms with Crippen LogP contribution in [0.15, 0.2) is 28.7 Å². The van der Waals surface area contributed by atoms with Crippen LogP contribution in [0.3, 0.4) is 0 Å². The maximum Gasteiger partial charge on any atom is 0.283 e. The predicted molar refractivity (Wildman–Crippen MR) is 64.8 cm³/mol. The van der Waals surface area contributed by atoms with Crippen LogP contribution in [0, 0.1) is 10.1 Å². The summed E-state index contributed by atoms with van der Waals surface area (Å²) in [6, 6.07) is 6.45. The fourth-order valence-corrected chi connectivity index (χ4v) is 1.23. The topological polar surface area (TPSA) is 69.2 Å². The van der Waals surface area contributed by atoms with Crippen LogP contribution in [-0.2, 0) is 0 Å². The van der Waals surface area contributed by atoms with Gasteiger partial charge in [0.1, 0.15) is 0 Å². The molecule has 0 spiro atoms. The smallest absolute Gasteiger partial charge is 0.283 e. The molecule has 0 radical (unpaired) electrons. The Kier molecular flexibility index (Phi) is 7.85. The first-order chi connectivity index (χ1) is 7.13. The van der Waals surface area contributed by atoms with Gasteiger partial charge in [0.05, 0.1) is 9.40 Å². The molecule has 84 valence electrons. The largest absolute Gasteiger partial charge is 0.330 e. The van der Waals surface area contributed by atoms with Crippen molar-refractivity contribution in [2.45, 2.75) is 19.8 Å². The van der Waals surface area contributed by atoms with Crippen LogP contribution in [0.4, 0.5) is 5.69 Å². The van der Waals surface area contributed by atoms with Gasteiger partial charge in [0.25, 0.3) is 5.69 Å². The molecule has 0 saturated heterocycles. The van der Waals surface area contributed by atoms with E-state index in [9.17, 15) is 10.1 Å². The number of rotatable bonds is 3. The van der Waals surface area contributed by atoms with Crippen molar-refractivity contribution in [3.05, 3.63) is 38.9 Å². The molecule has 4 nitrogen and oxygen atoms in total. The second-order valence-electron chi connectivity index (χ2n) is 2.85.